The zero-order valence-electron chi connectivity index (χ0n) is 8.03. The molecule has 2 rings (SSSR count). The Hall–Kier alpha value is -0.540. The minimum Gasteiger partial charge on any atom is -0.490 e. The molecule has 0 saturated heterocycles. The summed E-state index contributed by atoms with van der Waals surface area (Å²) in [4.78, 5) is 0. The second kappa shape index (κ2) is 3.91. The fourth-order valence-electron chi connectivity index (χ4n) is 1.74. The Morgan fingerprint density at radius 3 is 3.07 bits per heavy atom. The van der Waals surface area contributed by atoms with Crippen LogP contribution in [0.5, 0.6) is 5.75 Å². The molecule has 1 aromatic carbocycles. The molecule has 14 heavy (non-hydrogen) atoms. The van der Waals surface area contributed by atoms with Gasteiger partial charge in [0.1, 0.15) is 11.9 Å². The molecule has 0 aromatic heterocycles. The Morgan fingerprint density at radius 1 is 1.57 bits per heavy atom. The van der Waals surface area contributed by atoms with Crippen molar-refractivity contribution in [2.75, 3.05) is 0 Å². The van der Waals surface area contributed by atoms with E-state index in [1.165, 1.54) is 0 Å². The molecule has 0 amide bonds. The van der Waals surface area contributed by atoms with Crippen molar-refractivity contribution in [3.8, 4) is 5.75 Å². The van der Waals surface area contributed by atoms with E-state index in [0.717, 1.165) is 22.2 Å². The molecule has 1 heterocycles. The van der Waals surface area contributed by atoms with Gasteiger partial charge in [-0.1, -0.05) is 22.9 Å². The fraction of sp³-hybridized carbons (Fsp3) is 0.455. The van der Waals surface area contributed by atoms with Crippen LogP contribution in [0.2, 0.25) is 0 Å². The second-order valence-corrected chi connectivity index (χ2v) is 4.50. The Bertz CT molecular complexity index is 338. The van der Waals surface area contributed by atoms with Gasteiger partial charge in [0.2, 0.25) is 0 Å². The molecule has 2 atom stereocenters. The van der Waals surface area contributed by atoms with Crippen LogP contribution in [-0.2, 0) is 0 Å². The lowest BCUT2D eigenvalue weighted by Gasteiger charge is -2.29. The van der Waals surface area contributed by atoms with E-state index >= 15 is 0 Å². The molecule has 0 aliphatic carbocycles. The van der Waals surface area contributed by atoms with Crippen molar-refractivity contribution < 1.29 is 9.84 Å². The smallest absolute Gasteiger partial charge is 0.125 e. The number of benzene rings is 1. The van der Waals surface area contributed by atoms with E-state index in [0.29, 0.717) is 6.42 Å². The number of aliphatic hydroxyl groups excluding tert-OH is 1. The van der Waals surface area contributed by atoms with Crippen LogP contribution in [0, 0.1) is 0 Å². The maximum atomic E-state index is 9.89. The third-order valence-electron chi connectivity index (χ3n) is 2.57. The summed E-state index contributed by atoms with van der Waals surface area (Å²) in [6, 6.07) is 5.76. The fourth-order valence-corrected chi connectivity index (χ4v) is 2.12. The van der Waals surface area contributed by atoms with Crippen LogP contribution in [0.25, 0.3) is 0 Å². The molecule has 0 saturated carbocycles. The van der Waals surface area contributed by atoms with Crippen LogP contribution < -0.4 is 4.74 Å². The van der Waals surface area contributed by atoms with Crippen molar-refractivity contribution in [1.29, 1.82) is 0 Å². The predicted octanol–water partition coefficient (Wildman–Crippen LogP) is 3.04. The van der Waals surface area contributed by atoms with Crippen LogP contribution >= 0.6 is 15.9 Å². The van der Waals surface area contributed by atoms with E-state index in [-0.39, 0.29) is 12.2 Å². The molecule has 76 valence electrons. The van der Waals surface area contributed by atoms with Crippen molar-refractivity contribution in [2.24, 2.45) is 0 Å². The molecule has 2 nitrogen and oxygen atoms in total. The highest BCUT2D eigenvalue weighted by molar-refractivity contribution is 9.10. The Labute approximate surface area is 92.0 Å². The van der Waals surface area contributed by atoms with Gasteiger partial charge in [0.15, 0.2) is 0 Å². The number of hydrogen-bond acceptors (Lipinski definition) is 2. The molecule has 0 spiro atoms. The van der Waals surface area contributed by atoms with Crippen LogP contribution in [0.4, 0.5) is 0 Å². The van der Waals surface area contributed by atoms with Gasteiger partial charge in [0.25, 0.3) is 0 Å². The second-order valence-electron chi connectivity index (χ2n) is 3.58. The zero-order chi connectivity index (χ0) is 10.1. The van der Waals surface area contributed by atoms with Gasteiger partial charge in [-0.05, 0) is 24.6 Å². The number of rotatable bonds is 1. The van der Waals surface area contributed by atoms with Crippen LogP contribution in [-0.4, -0.2) is 11.2 Å². The standard InChI is InChI=1S/C11H13BrO2/c1-2-8-6-10(13)9-5-7(12)3-4-11(9)14-8/h3-5,8,10,13H,2,6H2,1H3. The van der Waals surface area contributed by atoms with E-state index in [4.69, 9.17) is 4.74 Å². The Kier molecular flexibility index (Phi) is 2.79. The average molecular weight is 257 g/mol. The molecule has 1 N–H and O–H groups in total. The highest BCUT2D eigenvalue weighted by Gasteiger charge is 2.25. The van der Waals surface area contributed by atoms with Crippen molar-refractivity contribution >= 4 is 15.9 Å². The van der Waals surface area contributed by atoms with Crippen molar-refractivity contribution in [1.82, 2.24) is 0 Å². The van der Waals surface area contributed by atoms with Crippen LogP contribution in [0.15, 0.2) is 22.7 Å². The number of fused-ring (bicyclic) bond motifs is 1. The average Bonchev–Trinajstić information content (AvgIpc) is 2.19. The first-order valence-electron chi connectivity index (χ1n) is 4.85. The van der Waals surface area contributed by atoms with Crippen molar-refractivity contribution in [3.63, 3.8) is 0 Å². The molecule has 3 heteroatoms. The van der Waals surface area contributed by atoms with E-state index in [1.807, 2.05) is 18.2 Å². The lowest BCUT2D eigenvalue weighted by molar-refractivity contribution is 0.0642. The third kappa shape index (κ3) is 1.79. The Balaban J connectivity index is 2.35. The molecule has 0 bridgehead atoms. The summed E-state index contributed by atoms with van der Waals surface area (Å²) in [6.07, 6.45) is 1.40. The summed E-state index contributed by atoms with van der Waals surface area (Å²) >= 11 is 3.38. The molecule has 2 unspecified atom stereocenters. The highest BCUT2D eigenvalue weighted by atomic mass is 79.9. The maximum absolute atomic E-state index is 9.89. The van der Waals surface area contributed by atoms with Crippen molar-refractivity contribution in [2.45, 2.75) is 32.0 Å². The summed E-state index contributed by atoms with van der Waals surface area (Å²) < 4.78 is 6.71. The molecule has 1 aliphatic heterocycles. The summed E-state index contributed by atoms with van der Waals surface area (Å²) in [5, 5.41) is 9.89. The first kappa shape index (κ1) is 9.99. The van der Waals surface area contributed by atoms with Gasteiger partial charge in [0, 0.05) is 16.5 Å². The van der Waals surface area contributed by atoms with Gasteiger partial charge >= 0.3 is 0 Å². The summed E-state index contributed by atoms with van der Waals surface area (Å²) in [7, 11) is 0. The van der Waals surface area contributed by atoms with Gasteiger partial charge in [-0.25, -0.2) is 0 Å². The lowest BCUT2D eigenvalue weighted by Crippen LogP contribution is -2.24. The van der Waals surface area contributed by atoms with E-state index < -0.39 is 0 Å². The molecule has 1 aliphatic rings. The number of hydrogen-bond donors (Lipinski definition) is 1. The normalized spacial score (nSPS) is 25.4. The van der Waals surface area contributed by atoms with E-state index in [9.17, 15) is 5.11 Å². The van der Waals surface area contributed by atoms with Gasteiger partial charge in [-0.2, -0.15) is 0 Å². The lowest BCUT2D eigenvalue weighted by atomic mass is 9.98. The highest BCUT2D eigenvalue weighted by Crippen LogP contribution is 2.36. The van der Waals surface area contributed by atoms with Crippen LogP contribution in [0.3, 0.4) is 0 Å². The monoisotopic (exact) mass is 256 g/mol. The first-order valence-corrected chi connectivity index (χ1v) is 5.64. The van der Waals surface area contributed by atoms with Crippen LogP contribution in [0.1, 0.15) is 31.4 Å². The molecule has 1 aromatic rings. The van der Waals surface area contributed by atoms with E-state index in [2.05, 4.69) is 22.9 Å². The van der Waals surface area contributed by atoms with Gasteiger partial charge < -0.3 is 9.84 Å². The SMILES string of the molecule is CCC1CC(O)c2cc(Br)ccc2O1. The summed E-state index contributed by atoms with van der Waals surface area (Å²) in [6.45, 7) is 2.07. The maximum Gasteiger partial charge on any atom is 0.125 e. The molecular formula is C11H13BrO2. The molecular weight excluding hydrogens is 244 g/mol. The quantitative estimate of drug-likeness (QED) is 0.837. The third-order valence-corrected chi connectivity index (χ3v) is 3.06. The molecule has 0 radical (unpaired) electrons. The topological polar surface area (TPSA) is 29.5 Å². The van der Waals surface area contributed by atoms with Gasteiger partial charge in [0.05, 0.1) is 6.10 Å². The zero-order valence-corrected chi connectivity index (χ0v) is 9.62. The largest absolute Gasteiger partial charge is 0.490 e. The molecule has 0 fully saturated rings. The predicted molar refractivity (Wildman–Crippen MR) is 58.4 cm³/mol. The first-order chi connectivity index (χ1) is 6.70. The summed E-state index contributed by atoms with van der Waals surface area (Å²) in [5.74, 6) is 0.818. The van der Waals surface area contributed by atoms with Gasteiger partial charge in [-0.3, -0.25) is 0 Å². The summed E-state index contributed by atoms with van der Waals surface area (Å²) in [5.41, 5.74) is 0.893. The van der Waals surface area contributed by atoms with Crippen molar-refractivity contribution in [3.05, 3.63) is 28.2 Å². The minimum atomic E-state index is -0.388. The number of ether oxygens (including phenoxy) is 1. The van der Waals surface area contributed by atoms with Gasteiger partial charge in [-0.15, -0.1) is 0 Å². The minimum absolute atomic E-state index is 0.152. The number of aliphatic hydroxyl groups is 1. The number of halogens is 1. The van der Waals surface area contributed by atoms with E-state index in [1.54, 1.807) is 0 Å². The Morgan fingerprint density at radius 2 is 2.36 bits per heavy atom.